The van der Waals surface area contributed by atoms with Gasteiger partial charge in [0, 0.05) is 12.2 Å². The van der Waals surface area contributed by atoms with Gasteiger partial charge in [-0.15, -0.1) is 0 Å². The van der Waals surface area contributed by atoms with Gasteiger partial charge in [-0.1, -0.05) is 55.4 Å². The summed E-state index contributed by atoms with van der Waals surface area (Å²) >= 11 is 0. The van der Waals surface area contributed by atoms with Crippen LogP contribution in [0.3, 0.4) is 0 Å². The summed E-state index contributed by atoms with van der Waals surface area (Å²) in [7, 11) is 0. The Balaban J connectivity index is 0.000000318. The van der Waals surface area contributed by atoms with E-state index in [0.717, 1.165) is 23.4 Å². The number of rotatable bonds is 14. The number of allylic oxidation sites excluding steroid dienone is 16. The Morgan fingerprint density at radius 3 is 1.32 bits per heavy atom. The van der Waals surface area contributed by atoms with Gasteiger partial charge in [-0.25, -0.2) is 9.59 Å². The van der Waals surface area contributed by atoms with Crippen LogP contribution in [0.15, 0.2) is 196 Å². The standard InChI is InChI=1S/C34H41P.C20H28O2.C5H6O3/c1-28(23-24-33-29(2)16-15-26-34(33,3)4)25-27-35(5,30-17-9-6-10-18-30,31-19-11-7-12-20-31)32-21-13-8-14-22-32;1-15(8-6-9-16(2)14-19(21)22)11-12-18-17(3)10-7-13-20(18,4)5;1-4(3-6)2-5(7)8/h6-14,17-25H,15-16,26-27H2,1-5H3;6,8-9,11-12,14H,7,10,13H2,1-5H3,(H,21,22);2-3H,1H3,(H,7,8)/b24-23+,28-25+;9-6+,12-11+,15-8+,16-14+;4-2+. The minimum absolute atomic E-state index is 0.220. The fourth-order valence-electron chi connectivity index (χ4n) is 9.03. The molecule has 0 aromatic heterocycles. The molecule has 2 aliphatic rings. The van der Waals surface area contributed by atoms with Gasteiger partial charge in [-0.3, -0.25) is 4.79 Å². The summed E-state index contributed by atoms with van der Waals surface area (Å²) in [5.74, 6) is -2.00. The molecule has 2 aliphatic carbocycles. The van der Waals surface area contributed by atoms with Crippen molar-refractivity contribution < 1.29 is 24.6 Å². The summed E-state index contributed by atoms with van der Waals surface area (Å²) in [5.41, 5.74) is 10.00. The van der Waals surface area contributed by atoms with E-state index in [1.54, 1.807) is 18.6 Å². The number of carbonyl (C=O) groups excluding carboxylic acids is 1. The third kappa shape index (κ3) is 15.5. The molecule has 65 heavy (non-hydrogen) atoms. The molecule has 0 saturated heterocycles. The predicted molar refractivity (Wildman–Crippen MR) is 280 cm³/mol. The van der Waals surface area contributed by atoms with Gasteiger partial charge in [0.05, 0.1) is 0 Å². The summed E-state index contributed by atoms with van der Waals surface area (Å²) in [6, 6.07) is 33.6. The Hall–Kier alpha value is -5.64. The van der Waals surface area contributed by atoms with Crippen molar-refractivity contribution in [2.24, 2.45) is 10.8 Å². The second kappa shape index (κ2) is 24.6. The zero-order chi connectivity index (χ0) is 48.3. The van der Waals surface area contributed by atoms with Gasteiger partial charge in [0.15, 0.2) is 0 Å². The van der Waals surface area contributed by atoms with E-state index in [-0.39, 0.29) is 16.4 Å². The maximum atomic E-state index is 10.5. The molecule has 346 valence electrons. The van der Waals surface area contributed by atoms with Crippen LogP contribution in [0, 0.1) is 10.8 Å². The Labute approximate surface area is 391 Å². The van der Waals surface area contributed by atoms with Crippen LogP contribution in [0.1, 0.15) is 108 Å². The van der Waals surface area contributed by atoms with Crippen molar-refractivity contribution in [3.05, 3.63) is 196 Å². The van der Waals surface area contributed by atoms with E-state index in [9.17, 15) is 14.4 Å². The first-order valence-electron chi connectivity index (χ1n) is 22.9. The van der Waals surface area contributed by atoms with Crippen molar-refractivity contribution in [2.75, 3.05) is 12.8 Å². The second-order valence-electron chi connectivity index (χ2n) is 19.3. The van der Waals surface area contributed by atoms with Crippen molar-refractivity contribution in [3.8, 4) is 0 Å². The van der Waals surface area contributed by atoms with Crippen molar-refractivity contribution in [1.82, 2.24) is 0 Å². The van der Waals surface area contributed by atoms with E-state index in [2.05, 4.69) is 183 Å². The molecule has 0 amide bonds. The third-order valence-electron chi connectivity index (χ3n) is 13.0. The van der Waals surface area contributed by atoms with Gasteiger partial charge in [0.1, 0.15) is 6.29 Å². The fourth-order valence-corrected chi connectivity index (χ4v) is 14.2. The first-order chi connectivity index (χ1) is 30.6. The topological polar surface area (TPSA) is 91.7 Å². The molecule has 0 fully saturated rings. The molecule has 5 nitrogen and oxygen atoms in total. The molecule has 0 bridgehead atoms. The van der Waals surface area contributed by atoms with E-state index in [0.29, 0.717) is 6.29 Å². The summed E-state index contributed by atoms with van der Waals surface area (Å²) in [4.78, 5) is 30.0. The molecule has 3 aromatic carbocycles. The van der Waals surface area contributed by atoms with Crippen LogP contribution in [-0.4, -0.2) is 41.3 Å². The molecule has 3 aromatic rings. The van der Waals surface area contributed by atoms with Crippen molar-refractivity contribution in [3.63, 3.8) is 0 Å². The van der Waals surface area contributed by atoms with Crippen LogP contribution < -0.4 is 15.9 Å². The normalized spacial score (nSPS) is 17.8. The molecule has 2 N–H and O–H groups in total. The molecule has 0 heterocycles. The Morgan fingerprint density at radius 1 is 0.585 bits per heavy atom. The van der Waals surface area contributed by atoms with Crippen LogP contribution in [0.25, 0.3) is 0 Å². The SMILES string of the molecule is C/C(C=O)=C\C(=O)O.CC1=C(/C=C/C(C)=C/C=C/C(C)=C/C(=O)O)C(C)(C)CCC1.CC1=C(/C=C/C(C)=C/CP(C)(c2ccccc2)(c2ccccc2)c2ccccc2)C(C)(C)CCC1. The Bertz CT molecular complexity index is 2280. The maximum absolute atomic E-state index is 10.5. The molecule has 0 aliphatic heterocycles. The first kappa shape index (κ1) is 53.7. The van der Waals surface area contributed by atoms with E-state index < -0.39 is 18.5 Å². The number of hydrogen-bond donors (Lipinski definition) is 2. The van der Waals surface area contributed by atoms with E-state index in [1.807, 2.05) is 12.2 Å². The third-order valence-corrected chi connectivity index (χ3v) is 19.1. The van der Waals surface area contributed by atoms with Crippen LogP contribution in [-0.2, 0) is 14.4 Å². The Kier molecular flexibility index (Phi) is 20.3. The van der Waals surface area contributed by atoms with Crippen molar-refractivity contribution in [1.29, 1.82) is 0 Å². The summed E-state index contributed by atoms with van der Waals surface area (Å²) in [6.45, 7) is 21.3. The zero-order valence-electron chi connectivity index (χ0n) is 41.0. The van der Waals surface area contributed by atoms with E-state index in [1.165, 1.54) is 89.7 Å². The van der Waals surface area contributed by atoms with E-state index >= 15 is 0 Å². The molecule has 0 atom stereocenters. The number of benzene rings is 3. The summed E-state index contributed by atoms with van der Waals surface area (Å²) < 4.78 is 0. The van der Waals surface area contributed by atoms with Crippen LogP contribution >= 0.6 is 6.60 Å². The summed E-state index contributed by atoms with van der Waals surface area (Å²) in [5, 5.41) is 21.0. The van der Waals surface area contributed by atoms with Crippen LogP contribution in [0.4, 0.5) is 0 Å². The first-order valence-corrected chi connectivity index (χ1v) is 25.7. The number of hydrogen-bond acceptors (Lipinski definition) is 3. The number of carboxylic acid groups (broad SMARTS) is 2. The van der Waals surface area contributed by atoms with Crippen molar-refractivity contribution in [2.45, 2.75) is 108 Å². The van der Waals surface area contributed by atoms with Crippen molar-refractivity contribution >= 4 is 40.7 Å². The van der Waals surface area contributed by atoms with Gasteiger partial charge < -0.3 is 10.2 Å². The average Bonchev–Trinajstić information content (AvgIpc) is 3.25. The predicted octanol–water partition coefficient (Wildman–Crippen LogP) is 14.0. The zero-order valence-corrected chi connectivity index (χ0v) is 41.9. The molecular weight excluding hydrogens is 820 g/mol. The second-order valence-corrected chi connectivity index (χ2v) is 24.8. The molecule has 0 radical (unpaired) electrons. The molecule has 5 rings (SSSR count). The fraction of sp³-hybridized carbons (Fsp3) is 0.339. The van der Waals surface area contributed by atoms with Gasteiger partial charge in [0.25, 0.3) is 0 Å². The molecular formula is C59H75O5P. The van der Waals surface area contributed by atoms with Gasteiger partial charge in [-0.2, -0.15) is 0 Å². The van der Waals surface area contributed by atoms with Crippen LogP contribution in [0.5, 0.6) is 0 Å². The monoisotopic (exact) mass is 895 g/mol. The van der Waals surface area contributed by atoms with Gasteiger partial charge in [0.2, 0.25) is 0 Å². The van der Waals surface area contributed by atoms with Gasteiger partial charge >= 0.3 is 226 Å². The quantitative estimate of drug-likeness (QED) is 0.0728. The van der Waals surface area contributed by atoms with Crippen LogP contribution in [0.2, 0.25) is 0 Å². The Morgan fingerprint density at radius 2 is 0.969 bits per heavy atom. The summed E-state index contributed by atoms with van der Waals surface area (Å²) in [6.07, 6.45) is 28.4. The molecule has 0 saturated carbocycles. The minimum atomic E-state index is -2.74. The molecule has 0 unspecified atom stereocenters. The number of aliphatic carboxylic acids is 2. The average molecular weight is 895 g/mol. The number of carboxylic acids is 2. The van der Waals surface area contributed by atoms with Gasteiger partial charge in [-0.05, 0) is 69.1 Å². The number of carbonyl (C=O) groups is 3. The van der Waals surface area contributed by atoms with E-state index in [4.69, 9.17) is 10.2 Å². The molecule has 6 heteroatoms. The number of aldehydes is 1. The molecule has 0 spiro atoms.